The van der Waals surface area contributed by atoms with Crippen molar-refractivity contribution in [1.82, 2.24) is 9.97 Å². The molecule has 1 atom stereocenters. The molecular formula is C13H12BrFN2O2. The van der Waals surface area contributed by atoms with Crippen LogP contribution < -0.4 is 5.56 Å². The molecule has 1 aromatic carbocycles. The molecule has 2 rings (SSSR count). The number of rotatable bonds is 4. The van der Waals surface area contributed by atoms with Gasteiger partial charge in [0.1, 0.15) is 10.3 Å². The fourth-order valence-electron chi connectivity index (χ4n) is 1.72. The Kier molecular flexibility index (Phi) is 4.44. The van der Waals surface area contributed by atoms with Crippen LogP contribution in [0.2, 0.25) is 0 Å². The zero-order valence-corrected chi connectivity index (χ0v) is 11.5. The average molecular weight is 327 g/mol. The van der Waals surface area contributed by atoms with Gasteiger partial charge in [-0.15, -0.1) is 0 Å². The number of hydrogen-bond donors (Lipinski definition) is 2. The summed E-state index contributed by atoms with van der Waals surface area (Å²) in [6.07, 6.45) is 1.46. The van der Waals surface area contributed by atoms with Crippen LogP contribution in [0.1, 0.15) is 23.8 Å². The second kappa shape index (κ2) is 6.08. The van der Waals surface area contributed by atoms with E-state index in [2.05, 4.69) is 25.9 Å². The van der Waals surface area contributed by atoms with Crippen LogP contribution in [0.15, 0.2) is 39.9 Å². The predicted octanol–water partition coefficient (Wildman–Crippen LogP) is 2.34. The molecule has 0 spiro atoms. The van der Waals surface area contributed by atoms with Crippen molar-refractivity contribution in [3.63, 3.8) is 0 Å². The van der Waals surface area contributed by atoms with Crippen molar-refractivity contribution in [1.29, 1.82) is 0 Å². The average Bonchev–Trinajstić information content (AvgIpc) is 2.41. The van der Waals surface area contributed by atoms with Gasteiger partial charge in [-0.25, -0.2) is 9.37 Å². The molecule has 0 fully saturated rings. The summed E-state index contributed by atoms with van der Waals surface area (Å²) in [6, 6.07) is 5.69. The van der Waals surface area contributed by atoms with Crippen molar-refractivity contribution < 1.29 is 9.50 Å². The number of aliphatic hydroxyl groups is 1. The smallest absolute Gasteiger partial charge is 0.265 e. The molecule has 0 aliphatic rings. The van der Waals surface area contributed by atoms with Crippen LogP contribution in [0.5, 0.6) is 0 Å². The van der Waals surface area contributed by atoms with Crippen molar-refractivity contribution in [3.05, 3.63) is 62.5 Å². The third-order valence-electron chi connectivity index (χ3n) is 2.78. The minimum absolute atomic E-state index is 0.249. The zero-order valence-electron chi connectivity index (χ0n) is 9.94. The maximum atomic E-state index is 12.8. The van der Waals surface area contributed by atoms with E-state index < -0.39 is 6.10 Å². The fraction of sp³-hybridized carbons (Fsp3) is 0.231. The topological polar surface area (TPSA) is 66.0 Å². The summed E-state index contributed by atoms with van der Waals surface area (Å²) in [4.78, 5) is 17.8. The van der Waals surface area contributed by atoms with Crippen LogP contribution in [0.4, 0.5) is 4.39 Å². The van der Waals surface area contributed by atoms with Gasteiger partial charge in [-0.05, 0) is 46.5 Å². The molecule has 6 heteroatoms. The first kappa shape index (κ1) is 13.9. The lowest BCUT2D eigenvalue weighted by Crippen LogP contribution is -2.11. The number of benzene rings is 1. The zero-order chi connectivity index (χ0) is 13.8. The summed E-state index contributed by atoms with van der Waals surface area (Å²) in [5.41, 5.74) is 0.980. The third-order valence-corrected chi connectivity index (χ3v) is 3.60. The number of aliphatic hydroxyl groups excluding tert-OH is 1. The van der Waals surface area contributed by atoms with E-state index in [0.29, 0.717) is 28.6 Å². The highest BCUT2D eigenvalue weighted by atomic mass is 79.9. The molecular weight excluding hydrogens is 315 g/mol. The maximum Gasteiger partial charge on any atom is 0.265 e. The van der Waals surface area contributed by atoms with Crippen molar-refractivity contribution in [3.8, 4) is 0 Å². The van der Waals surface area contributed by atoms with Crippen molar-refractivity contribution in [2.24, 2.45) is 0 Å². The molecule has 0 saturated carbocycles. The molecule has 1 aromatic heterocycles. The highest BCUT2D eigenvalue weighted by Gasteiger charge is 2.11. The van der Waals surface area contributed by atoms with Gasteiger partial charge in [-0.3, -0.25) is 4.79 Å². The first-order valence-corrected chi connectivity index (χ1v) is 6.53. The molecule has 0 amide bonds. The molecule has 1 heterocycles. The number of aromatic amines is 1. The Hall–Kier alpha value is -1.53. The highest BCUT2D eigenvalue weighted by molar-refractivity contribution is 9.10. The Labute approximate surface area is 117 Å². The Balaban J connectivity index is 2.04. The number of nitrogens with one attached hydrogen (secondary N) is 1. The van der Waals surface area contributed by atoms with E-state index in [1.54, 1.807) is 12.1 Å². The third kappa shape index (κ3) is 3.48. The Bertz CT molecular complexity index is 613. The minimum atomic E-state index is -0.714. The first-order valence-electron chi connectivity index (χ1n) is 5.73. The van der Waals surface area contributed by atoms with Crippen LogP contribution in [0.3, 0.4) is 0 Å². The summed E-state index contributed by atoms with van der Waals surface area (Å²) in [6.45, 7) is 0. The van der Waals surface area contributed by atoms with Gasteiger partial charge in [0.25, 0.3) is 5.56 Å². The van der Waals surface area contributed by atoms with Gasteiger partial charge in [0.15, 0.2) is 0 Å². The van der Waals surface area contributed by atoms with Crippen molar-refractivity contribution in [2.75, 3.05) is 0 Å². The molecule has 4 nitrogen and oxygen atoms in total. The van der Waals surface area contributed by atoms with E-state index >= 15 is 0 Å². The van der Waals surface area contributed by atoms with Crippen molar-refractivity contribution >= 4 is 15.9 Å². The monoisotopic (exact) mass is 326 g/mol. The van der Waals surface area contributed by atoms with Crippen LogP contribution >= 0.6 is 15.9 Å². The van der Waals surface area contributed by atoms with Crippen LogP contribution in [0.25, 0.3) is 0 Å². The van der Waals surface area contributed by atoms with Gasteiger partial charge in [-0.1, -0.05) is 12.1 Å². The summed E-state index contributed by atoms with van der Waals surface area (Å²) >= 11 is 3.16. The van der Waals surface area contributed by atoms with E-state index in [-0.39, 0.29) is 11.4 Å². The molecule has 2 aromatic rings. The van der Waals surface area contributed by atoms with Gasteiger partial charge < -0.3 is 10.1 Å². The lowest BCUT2D eigenvalue weighted by molar-refractivity contribution is 0.167. The number of aromatic nitrogens is 2. The van der Waals surface area contributed by atoms with Gasteiger partial charge in [0.05, 0.1) is 18.1 Å². The molecule has 0 saturated heterocycles. The summed E-state index contributed by atoms with van der Waals surface area (Å²) in [5.74, 6) is -0.338. The number of nitrogens with zero attached hydrogens (tertiary/aromatic N) is 1. The van der Waals surface area contributed by atoms with E-state index in [0.717, 1.165) is 0 Å². The molecule has 100 valence electrons. The Morgan fingerprint density at radius 3 is 2.74 bits per heavy atom. The number of hydrogen-bond acceptors (Lipinski definition) is 3. The quantitative estimate of drug-likeness (QED) is 0.906. The molecule has 0 aliphatic heterocycles. The van der Waals surface area contributed by atoms with Gasteiger partial charge >= 0.3 is 0 Å². The van der Waals surface area contributed by atoms with E-state index in [9.17, 15) is 14.3 Å². The summed E-state index contributed by atoms with van der Waals surface area (Å²) in [5, 5.41) is 9.98. The van der Waals surface area contributed by atoms with E-state index in [4.69, 9.17) is 0 Å². The first-order chi connectivity index (χ1) is 9.08. The van der Waals surface area contributed by atoms with Crippen LogP contribution in [-0.2, 0) is 6.42 Å². The largest absolute Gasteiger partial charge is 0.388 e. The lowest BCUT2D eigenvalue weighted by atomic mass is 10.0. The standard InChI is InChI=1S/C13H12BrFN2O2/c14-12-10(16-7-17-13(12)19)5-6-11(18)8-1-3-9(15)4-2-8/h1-4,7,11,18H,5-6H2,(H,16,17,19). The molecule has 0 bridgehead atoms. The molecule has 1 unspecified atom stereocenters. The lowest BCUT2D eigenvalue weighted by Gasteiger charge is -2.10. The van der Waals surface area contributed by atoms with Gasteiger partial charge in [0.2, 0.25) is 0 Å². The Morgan fingerprint density at radius 2 is 2.05 bits per heavy atom. The maximum absolute atomic E-state index is 12.8. The fourth-order valence-corrected chi connectivity index (χ4v) is 2.13. The molecule has 2 N–H and O–H groups in total. The van der Waals surface area contributed by atoms with Crippen LogP contribution in [0, 0.1) is 5.82 Å². The van der Waals surface area contributed by atoms with Gasteiger partial charge in [0, 0.05) is 0 Å². The molecule has 0 radical (unpaired) electrons. The predicted molar refractivity (Wildman–Crippen MR) is 72.2 cm³/mol. The van der Waals surface area contributed by atoms with E-state index in [1.807, 2.05) is 0 Å². The van der Waals surface area contributed by atoms with Crippen LogP contribution in [-0.4, -0.2) is 15.1 Å². The Morgan fingerprint density at radius 1 is 1.37 bits per heavy atom. The number of halogens is 2. The second-order valence-electron chi connectivity index (χ2n) is 4.10. The summed E-state index contributed by atoms with van der Waals surface area (Å²) < 4.78 is 13.1. The van der Waals surface area contributed by atoms with Crippen molar-refractivity contribution in [2.45, 2.75) is 18.9 Å². The number of aryl methyl sites for hydroxylation is 1. The SMILES string of the molecule is O=c1[nH]cnc(CCC(O)c2ccc(F)cc2)c1Br. The molecule has 0 aliphatic carbocycles. The normalized spacial score (nSPS) is 12.4. The summed E-state index contributed by atoms with van der Waals surface area (Å²) in [7, 11) is 0. The number of H-pyrrole nitrogens is 1. The highest BCUT2D eigenvalue weighted by Crippen LogP contribution is 2.20. The molecule has 19 heavy (non-hydrogen) atoms. The van der Waals surface area contributed by atoms with E-state index in [1.165, 1.54) is 18.5 Å². The minimum Gasteiger partial charge on any atom is -0.388 e. The van der Waals surface area contributed by atoms with Gasteiger partial charge in [-0.2, -0.15) is 0 Å². The second-order valence-corrected chi connectivity index (χ2v) is 4.89.